The van der Waals surface area contributed by atoms with E-state index >= 15 is 0 Å². The first kappa shape index (κ1) is 10.9. The van der Waals surface area contributed by atoms with Gasteiger partial charge in [-0.05, 0) is 36.6 Å². The maximum absolute atomic E-state index is 9.83. The lowest BCUT2D eigenvalue weighted by Gasteiger charge is -2.08. The minimum absolute atomic E-state index is 0.339. The summed E-state index contributed by atoms with van der Waals surface area (Å²) in [6.45, 7) is 0. The SMILES string of the molecule is OC(CCc1ccco1)Cc1cccnc1. The van der Waals surface area contributed by atoms with Gasteiger partial charge in [0.1, 0.15) is 5.76 Å². The van der Waals surface area contributed by atoms with Crippen LogP contribution in [0.1, 0.15) is 17.7 Å². The molecule has 0 saturated heterocycles. The predicted octanol–water partition coefficient (Wildman–Crippen LogP) is 2.21. The van der Waals surface area contributed by atoms with E-state index in [1.807, 2.05) is 24.3 Å². The van der Waals surface area contributed by atoms with Crippen LogP contribution in [0, 0.1) is 0 Å². The van der Waals surface area contributed by atoms with E-state index in [-0.39, 0.29) is 6.10 Å². The number of hydrogen-bond donors (Lipinski definition) is 1. The van der Waals surface area contributed by atoms with Crippen LogP contribution in [0.15, 0.2) is 47.3 Å². The van der Waals surface area contributed by atoms with E-state index < -0.39 is 0 Å². The lowest BCUT2D eigenvalue weighted by molar-refractivity contribution is 0.163. The number of aliphatic hydroxyl groups excluding tert-OH is 1. The van der Waals surface area contributed by atoms with Crippen LogP contribution in [0.3, 0.4) is 0 Å². The molecule has 1 N–H and O–H groups in total. The summed E-state index contributed by atoms with van der Waals surface area (Å²) in [7, 11) is 0. The highest BCUT2D eigenvalue weighted by Gasteiger charge is 2.07. The van der Waals surface area contributed by atoms with Crippen molar-refractivity contribution in [3.8, 4) is 0 Å². The van der Waals surface area contributed by atoms with Gasteiger partial charge >= 0.3 is 0 Å². The van der Waals surface area contributed by atoms with E-state index in [4.69, 9.17) is 4.42 Å². The topological polar surface area (TPSA) is 46.3 Å². The fourth-order valence-electron chi connectivity index (χ4n) is 1.66. The first-order valence-corrected chi connectivity index (χ1v) is 5.44. The van der Waals surface area contributed by atoms with Gasteiger partial charge in [0.25, 0.3) is 0 Å². The molecule has 3 nitrogen and oxygen atoms in total. The van der Waals surface area contributed by atoms with Crippen molar-refractivity contribution in [1.29, 1.82) is 0 Å². The number of aryl methyl sites for hydroxylation is 1. The Bertz CT molecular complexity index is 397. The van der Waals surface area contributed by atoms with E-state index in [1.165, 1.54) is 0 Å². The standard InChI is InChI=1S/C13H15NO2/c15-12(5-6-13-4-2-8-16-13)9-11-3-1-7-14-10-11/h1-4,7-8,10,12,15H,5-6,9H2. The molecule has 2 heterocycles. The van der Waals surface area contributed by atoms with E-state index in [1.54, 1.807) is 18.7 Å². The average Bonchev–Trinajstić information content (AvgIpc) is 2.81. The highest BCUT2D eigenvalue weighted by Crippen LogP contribution is 2.09. The number of nitrogens with zero attached hydrogens (tertiary/aromatic N) is 1. The van der Waals surface area contributed by atoms with Gasteiger partial charge in [0.15, 0.2) is 0 Å². The van der Waals surface area contributed by atoms with Crippen LogP contribution in [0.25, 0.3) is 0 Å². The van der Waals surface area contributed by atoms with E-state index in [9.17, 15) is 5.11 Å². The lowest BCUT2D eigenvalue weighted by Crippen LogP contribution is -2.11. The number of furan rings is 1. The molecule has 1 unspecified atom stereocenters. The van der Waals surface area contributed by atoms with Crippen LogP contribution < -0.4 is 0 Å². The van der Waals surface area contributed by atoms with Gasteiger partial charge in [0.2, 0.25) is 0 Å². The molecule has 0 bridgehead atoms. The average molecular weight is 217 g/mol. The Morgan fingerprint density at radius 3 is 2.94 bits per heavy atom. The van der Waals surface area contributed by atoms with Gasteiger partial charge in [-0.15, -0.1) is 0 Å². The molecular formula is C13H15NO2. The number of aliphatic hydroxyl groups is 1. The second-order valence-corrected chi connectivity index (χ2v) is 3.84. The molecule has 2 aromatic rings. The van der Waals surface area contributed by atoms with Gasteiger partial charge in [0, 0.05) is 18.8 Å². The van der Waals surface area contributed by atoms with Crippen molar-refractivity contribution >= 4 is 0 Å². The maximum atomic E-state index is 9.83. The summed E-state index contributed by atoms with van der Waals surface area (Å²) in [6.07, 6.45) is 6.97. The van der Waals surface area contributed by atoms with Gasteiger partial charge in [-0.3, -0.25) is 4.98 Å². The maximum Gasteiger partial charge on any atom is 0.103 e. The summed E-state index contributed by atoms with van der Waals surface area (Å²) in [4.78, 5) is 4.02. The fraction of sp³-hybridized carbons (Fsp3) is 0.308. The van der Waals surface area contributed by atoms with Crippen molar-refractivity contribution in [2.24, 2.45) is 0 Å². The van der Waals surface area contributed by atoms with E-state index in [0.717, 1.165) is 17.7 Å². The van der Waals surface area contributed by atoms with Crippen molar-refractivity contribution in [2.45, 2.75) is 25.4 Å². The van der Waals surface area contributed by atoms with Crippen molar-refractivity contribution in [1.82, 2.24) is 4.98 Å². The van der Waals surface area contributed by atoms with Gasteiger partial charge < -0.3 is 9.52 Å². The molecule has 3 heteroatoms. The lowest BCUT2D eigenvalue weighted by atomic mass is 10.1. The summed E-state index contributed by atoms with van der Waals surface area (Å²) in [5, 5.41) is 9.83. The molecule has 0 radical (unpaired) electrons. The third kappa shape index (κ3) is 3.21. The van der Waals surface area contributed by atoms with Gasteiger partial charge in [-0.2, -0.15) is 0 Å². The molecule has 2 rings (SSSR count). The van der Waals surface area contributed by atoms with Crippen LogP contribution in [0.2, 0.25) is 0 Å². The monoisotopic (exact) mass is 217 g/mol. The molecule has 0 spiro atoms. The van der Waals surface area contributed by atoms with Gasteiger partial charge in [0.05, 0.1) is 12.4 Å². The Morgan fingerprint density at radius 1 is 1.31 bits per heavy atom. The minimum atomic E-state index is -0.339. The van der Waals surface area contributed by atoms with Crippen molar-refractivity contribution in [2.75, 3.05) is 0 Å². The largest absolute Gasteiger partial charge is 0.469 e. The molecule has 2 aromatic heterocycles. The van der Waals surface area contributed by atoms with Gasteiger partial charge in [-0.1, -0.05) is 6.07 Å². The van der Waals surface area contributed by atoms with Crippen molar-refractivity contribution < 1.29 is 9.52 Å². The van der Waals surface area contributed by atoms with Crippen molar-refractivity contribution in [3.63, 3.8) is 0 Å². The molecule has 16 heavy (non-hydrogen) atoms. The number of aromatic nitrogens is 1. The first-order chi connectivity index (χ1) is 7.84. The highest BCUT2D eigenvalue weighted by molar-refractivity contribution is 5.09. The van der Waals surface area contributed by atoms with Crippen LogP contribution in [0.5, 0.6) is 0 Å². The molecule has 0 saturated carbocycles. The third-order valence-electron chi connectivity index (χ3n) is 2.50. The van der Waals surface area contributed by atoms with E-state index in [0.29, 0.717) is 12.8 Å². The molecular weight excluding hydrogens is 202 g/mol. The molecule has 84 valence electrons. The Labute approximate surface area is 94.8 Å². The molecule has 1 atom stereocenters. The van der Waals surface area contributed by atoms with Crippen LogP contribution >= 0.6 is 0 Å². The summed E-state index contributed by atoms with van der Waals surface area (Å²) >= 11 is 0. The summed E-state index contributed by atoms with van der Waals surface area (Å²) < 4.78 is 5.21. The Balaban J connectivity index is 1.78. The number of pyridine rings is 1. The minimum Gasteiger partial charge on any atom is -0.469 e. The van der Waals surface area contributed by atoms with E-state index in [2.05, 4.69) is 4.98 Å². The molecule has 0 amide bonds. The van der Waals surface area contributed by atoms with Crippen molar-refractivity contribution in [3.05, 3.63) is 54.2 Å². The smallest absolute Gasteiger partial charge is 0.103 e. The summed E-state index contributed by atoms with van der Waals surface area (Å²) in [5.41, 5.74) is 1.06. The second kappa shape index (κ2) is 5.47. The van der Waals surface area contributed by atoms with Gasteiger partial charge in [-0.25, -0.2) is 0 Å². The fourth-order valence-corrected chi connectivity index (χ4v) is 1.66. The predicted molar refractivity (Wildman–Crippen MR) is 61.0 cm³/mol. The molecule has 0 fully saturated rings. The zero-order valence-corrected chi connectivity index (χ0v) is 9.04. The first-order valence-electron chi connectivity index (χ1n) is 5.44. The second-order valence-electron chi connectivity index (χ2n) is 3.84. The normalized spacial score (nSPS) is 12.6. The Hall–Kier alpha value is -1.61. The Morgan fingerprint density at radius 2 is 2.25 bits per heavy atom. The highest BCUT2D eigenvalue weighted by atomic mass is 16.3. The number of rotatable bonds is 5. The zero-order chi connectivity index (χ0) is 11.2. The van der Waals surface area contributed by atoms with Crippen LogP contribution in [0.4, 0.5) is 0 Å². The molecule has 0 aliphatic carbocycles. The van der Waals surface area contributed by atoms with Crippen LogP contribution in [-0.4, -0.2) is 16.2 Å². The molecule has 0 aliphatic heterocycles. The van der Waals surface area contributed by atoms with Crippen LogP contribution in [-0.2, 0) is 12.8 Å². The molecule has 0 aliphatic rings. The third-order valence-corrected chi connectivity index (χ3v) is 2.50. The quantitative estimate of drug-likeness (QED) is 0.835. The number of hydrogen-bond acceptors (Lipinski definition) is 3. The summed E-state index contributed by atoms with van der Waals surface area (Å²) in [6, 6.07) is 7.65. The Kier molecular flexibility index (Phi) is 3.72. The molecule has 0 aromatic carbocycles. The zero-order valence-electron chi connectivity index (χ0n) is 9.04. The summed E-state index contributed by atoms with van der Waals surface area (Å²) in [5.74, 6) is 0.922.